The fourth-order valence-corrected chi connectivity index (χ4v) is 3.52. The Bertz CT molecular complexity index is 979. The van der Waals surface area contributed by atoms with E-state index < -0.39 is 35.0 Å². The molecule has 168 valence electrons. The lowest BCUT2D eigenvalue weighted by Crippen LogP contribution is -2.51. The van der Waals surface area contributed by atoms with Crippen LogP contribution < -0.4 is 5.32 Å². The third-order valence-electron chi connectivity index (χ3n) is 5.20. The summed E-state index contributed by atoms with van der Waals surface area (Å²) in [6, 6.07) is 12.5. The number of rotatable bonds is 8. The molecule has 2 N–H and O–H groups in total. The molecule has 2 aromatic rings. The zero-order valence-electron chi connectivity index (χ0n) is 17.2. The van der Waals surface area contributed by atoms with Gasteiger partial charge in [-0.1, -0.05) is 42.5 Å². The van der Waals surface area contributed by atoms with Crippen molar-refractivity contribution >= 4 is 23.7 Å². The van der Waals surface area contributed by atoms with Crippen molar-refractivity contribution in [1.29, 1.82) is 0 Å². The maximum absolute atomic E-state index is 12.8. The Hall–Kier alpha value is -3.95. The Morgan fingerprint density at radius 1 is 1.12 bits per heavy atom. The van der Waals surface area contributed by atoms with Crippen molar-refractivity contribution in [3.63, 3.8) is 0 Å². The third-order valence-corrected chi connectivity index (χ3v) is 5.20. The van der Waals surface area contributed by atoms with Crippen molar-refractivity contribution in [2.45, 2.75) is 38.0 Å². The molecule has 0 saturated carbocycles. The highest BCUT2D eigenvalue weighted by Gasteiger charge is 2.36. The number of likely N-dealkylation sites (tertiary alicyclic amines) is 1. The Morgan fingerprint density at radius 3 is 2.44 bits per heavy atom. The number of amides is 2. The molecule has 10 heteroatoms. The minimum Gasteiger partial charge on any atom is -0.480 e. The summed E-state index contributed by atoms with van der Waals surface area (Å²) >= 11 is 0. The monoisotopic (exact) mass is 441 g/mol. The molecule has 0 radical (unpaired) electrons. The van der Waals surface area contributed by atoms with E-state index in [1.165, 1.54) is 29.2 Å². The molecule has 1 saturated heterocycles. The van der Waals surface area contributed by atoms with Gasteiger partial charge >= 0.3 is 12.1 Å². The zero-order valence-corrected chi connectivity index (χ0v) is 17.2. The predicted octanol–water partition coefficient (Wildman–Crippen LogP) is 2.51. The summed E-state index contributed by atoms with van der Waals surface area (Å²) in [6.45, 7) is 0.411. The Kier molecular flexibility index (Phi) is 7.37. The van der Waals surface area contributed by atoms with Crippen LogP contribution in [-0.4, -0.2) is 51.5 Å². The van der Waals surface area contributed by atoms with Gasteiger partial charge in [-0.3, -0.25) is 19.8 Å². The standard InChI is InChI=1S/C22H23N3O7/c26-20(23-18(21(27)28)13-15-8-10-17(11-9-15)25(30)31)19-7-4-12-24(19)22(29)32-14-16-5-2-1-3-6-16/h1-3,5-6,8-11,18-19H,4,7,12-14H2,(H,23,26)(H,27,28)/t18-,19-/m1/s1. The van der Waals surface area contributed by atoms with Crippen LogP contribution in [0.1, 0.15) is 24.0 Å². The van der Waals surface area contributed by atoms with E-state index in [0.29, 0.717) is 24.9 Å². The van der Waals surface area contributed by atoms with Gasteiger partial charge in [0.25, 0.3) is 5.69 Å². The average molecular weight is 441 g/mol. The van der Waals surface area contributed by atoms with E-state index in [1.54, 1.807) is 0 Å². The molecule has 10 nitrogen and oxygen atoms in total. The van der Waals surface area contributed by atoms with Gasteiger partial charge in [0.15, 0.2) is 0 Å². The first-order valence-corrected chi connectivity index (χ1v) is 10.1. The van der Waals surface area contributed by atoms with Crippen LogP contribution in [0.2, 0.25) is 0 Å². The number of carbonyl (C=O) groups excluding carboxylic acids is 2. The van der Waals surface area contributed by atoms with Crippen molar-refractivity contribution in [1.82, 2.24) is 10.2 Å². The normalized spacial score (nSPS) is 16.2. The van der Waals surface area contributed by atoms with Crippen molar-refractivity contribution in [2.75, 3.05) is 6.54 Å². The summed E-state index contributed by atoms with van der Waals surface area (Å²) in [5, 5.41) is 22.8. The van der Waals surface area contributed by atoms with Crippen LogP contribution in [-0.2, 0) is 27.4 Å². The molecule has 2 atom stereocenters. The van der Waals surface area contributed by atoms with Gasteiger partial charge in [-0.15, -0.1) is 0 Å². The van der Waals surface area contributed by atoms with E-state index in [0.717, 1.165) is 5.56 Å². The van der Waals surface area contributed by atoms with Crippen molar-refractivity contribution in [3.8, 4) is 0 Å². The maximum atomic E-state index is 12.8. The van der Waals surface area contributed by atoms with Crippen LogP contribution >= 0.6 is 0 Å². The second-order valence-corrected chi connectivity index (χ2v) is 7.42. The Morgan fingerprint density at radius 2 is 1.81 bits per heavy atom. The highest BCUT2D eigenvalue weighted by atomic mass is 16.6. The number of nitrogens with one attached hydrogen (secondary N) is 1. The van der Waals surface area contributed by atoms with E-state index in [9.17, 15) is 29.6 Å². The van der Waals surface area contributed by atoms with Gasteiger partial charge in [0.1, 0.15) is 18.7 Å². The quantitative estimate of drug-likeness (QED) is 0.474. The number of carboxylic acids is 1. The number of ether oxygens (including phenoxy) is 1. The lowest BCUT2D eigenvalue weighted by molar-refractivity contribution is -0.384. The topological polar surface area (TPSA) is 139 Å². The Labute approximate surface area is 183 Å². The first-order valence-electron chi connectivity index (χ1n) is 10.1. The smallest absolute Gasteiger partial charge is 0.410 e. The number of nitro groups is 1. The minimum atomic E-state index is -1.24. The van der Waals surface area contributed by atoms with Crippen LogP contribution in [0, 0.1) is 10.1 Å². The summed E-state index contributed by atoms with van der Waals surface area (Å²) in [7, 11) is 0. The van der Waals surface area contributed by atoms with Crippen molar-refractivity contribution in [2.24, 2.45) is 0 Å². The third kappa shape index (κ3) is 5.81. The van der Waals surface area contributed by atoms with Gasteiger partial charge in [-0.05, 0) is 24.0 Å². The van der Waals surface area contributed by atoms with Gasteiger partial charge in [-0.25, -0.2) is 9.59 Å². The number of carboxylic acid groups (broad SMARTS) is 1. The molecule has 3 rings (SSSR count). The second-order valence-electron chi connectivity index (χ2n) is 7.42. The van der Waals surface area contributed by atoms with Crippen molar-refractivity contribution < 1.29 is 29.2 Å². The average Bonchev–Trinajstić information content (AvgIpc) is 3.28. The van der Waals surface area contributed by atoms with Gasteiger partial charge in [0, 0.05) is 25.1 Å². The van der Waals surface area contributed by atoms with Gasteiger partial charge in [-0.2, -0.15) is 0 Å². The fourth-order valence-electron chi connectivity index (χ4n) is 3.52. The van der Waals surface area contributed by atoms with Gasteiger partial charge < -0.3 is 15.2 Å². The summed E-state index contributed by atoms with van der Waals surface area (Å²) in [5.74, 6) is -1.82. The van der Waals surface area contributed by atoms with Crippen LogP contribution in [0.5, 0.6) is 0 Å². The molecule has 2 aromatic carbocycles. The Balaban J connectivity index is 1.60. The molecule has 1 fully saturated rings. The van der Waals surface area contributed by atoms with Gasteiger partial charge in [0.2, 0.25) is 5.91 Å². The molecule has 1 heterocycles. The molecule has 0 aliphatic carbocycles. The van der Waals surface area contributed by atoms with Crippen LogP contribution in [0.4, 0.5) is 10.5 Å². The summed E-state index contributed by atoms with van der Waals surface area (Å²) in [5.41, 5.74) is 1.23. The van der Waals surface area contributed by atoms with Crippen LogP contribution in [0.3, 0.4) is 0 Å². The van der Waals surface area contributed by atoms with Crippen LogP contribution in [0.25, 0.3) is 0 Å². The molecule has 0 aromatic heterocycles. The number of hydrogen-bond donors (Lipinski definition) is 2. The molecule has 0 unspecified atom stereocenters. The predicted molar refractivity (Wildman–Crippen MR) is 113 cm³/mol. The van der Waals surface area contributed by atoms with Crippen LogP contribution in [0.15, 0.2) is 54.6 Å². The van der Waals surface area contributed by atoms with E-state index in [-0.39, 0.29) is 18.7 Å². The maximum Gasteiger partial charge on any atom is 0.410 e. The zero-order chi connectivity index (χ0) is 23.1. The van der Waals surface area contributed by atoms with Gasteiger partial charge in [0.05, 0.1) is 4.92 Å². The molecule has 0 bridgehead atoms. The molecule has 32 heavy (non-hydrogen) atoms. The lowest BCUT2D eigenvalue weighted by atomic mass is 10.0. The first-order chi connectivity index (χ1) is 15.3. The van der Waals surface area contributed by atoms with E-state index in [1.807, 2.05) is 30.3 Å². The molecule has 1 aliphatic heterocycles. The molecule has 1 aliphatic rings. The minimum absolute atomic E-state index is 0.0513. The number of nitrogens with zero attached hydrogens (tertiary/aromatic N) is 2. The highest BCUT2D eigenvalue weighted by molar-refractivity contribution is 5.89. The summed E-state index contributed by atoms with van der Waals surface area (Å²) < 4.78 is 5.31. The number of hydrogen-bond acceptors (Lipinski definition) is 6. The molecular weight excluding hydrogens is 418 g/mol. The number of benzene rings is 2. The molecule has 2 amide bonds. The number of non-ortho nitro benzene ring substituents is 1. The number of nitro benzene ring substituents is 1. The molecule has 0 spiro atoms. The summed E-state index contributed by atoms with van der Waals surface area (Å²) in [6.07, 6.45) is 0.313. The fraction of sp³-hybridized carbons (Fsp3) is 0.318. The lowest BCUT2D eigenvalue weighted by Gasteiger charge is -2.25. The highest BCUT2D eigenvalue weighted by Crippen LogP contribution is 2.20. The van der Waals surface area contributed by atoms with E-state index in [4.69, 9.17) is 4.74 Å². The van der Waals surface area contributed by atoms with E-state index in [2.05, 4.69) is 5.32 Å². The van der Waals surface area contributed by atoms with Crippen molar-refractivity contribution in [3.05, 3.63) is 75.8 Å². The number of carbonyl (C=O) groups is 3. The largest absolute Gasteiger partial charge is 0.480 e. The SMILES string of the molecule is O=C(N[C@H](Cc1ccc([N+](=O)[O-])cc1)C(=O)O)[C@H]1CCCN1C(=O)OCc1ccccc1. The summed E-state index contributed by atoms with van der Waals surface area (Å²) in [4.78, 5) is 48.4. The second kappa shape index (κ2) is 10.4. The number of aliphatic carboxylic acids is 1. The first kappa shape index (κ1) is 22.7. The van der Waals surface area contributed by atoms with E-state index >= 15 is 0 Å². The molecular formula is C22H23N3O7.